The number of hydrogen-bond donors (Lipinski definition) is 1. The van der Waals surface area contributed by atoms with Crippen LogP contribution in [0.5, 0.6) is 0 Å². The molecule has 0 spiro atoms. The van der Waals surface area contributed by atoms with Crippen molar-refractivity contribution in [1.82, 2.24) is 10.3 Å². The quantitative estimate of drug-likeness (QED) is 0.529. The Hall–Kier alpha value is -1.28. The molecule has 1 aromatic carbocycles. The molecule has 5 nitrogen and oxygen atoms in total. The molecule has 2 aromatic rings. The van der Waals surface area contributed by atoms with Gasteiger partial charge in [-0.05, 0) is 24.9 Å². The molecule has 0 aliphatic rings. The first-order chi connectivity index (χ1) is 11.3. The number of sulfone groups is 1. The van der Waals surface area contributed by atoms with Crippen LogP contribution in [0.4, 0.5) is 0 Å². The van der Waals surface area contributed by atoms with Crippen LogP contribution in [-0.4, -0.2) is 37.7 Å². The molecule has 1 aromatic heterocycles. The maximum atomic E-state index is 11.9. The molecule has 1 heterocycles. The van der Waals surface area contributed by atoms with E-state index in [2.05, 4.69) is 22.4 Å². The maximum Gasteiger partial charge on any atom is 0.198 e. The smallest absolute Gasteiger partial charge is 0.198 e. The van der Waals surface area contributed by atoms with Gasteiger partial charge >= 0.3 is 0 Å². The van der Waals surface area contributed by atoms with Crippen LogP contribution in [0.1, 0.15) is 27.5 Å². The molecule has 130 valence electrons. The fourth-order valence-corrected chi connectivity index (χ4v) is 3.96. The number of ketones is 1. The number of aromatic nitrogens is 1. The van der Waals surface area contributed by atoms with Crippen molar-refractivity contribution in [2.75, 3.05) is 18.6 Å². The minimum Gasteiger partial charge on any atom is -0.310 e. The number of thiazole rings is 1. The number of Topliss-reactive ketones (excluding diaryl/α,β-unsaturated/α-hetero) is 1. The van der Waals surface area contributed by atoms with E-state index in [4.69, 9.17) is 11.6 Å². The number of carbonyl (C=O) groups is 1. The van der Waals surface area contributed by atoms with Crippen LogP contribution in [-0.2, 0) is 22.8 Å². The normalized spacial score (nSPS) is 11.6. The maximum absolute atomic E-state index is 11.9. The van der Waals surface area contributed by atoms with Crippen molar-refractivity contribution in [1.29, 1.82) is 0 Å². The van der Waals surface area contributed by atoms with E-state index in [1.807, 2.05) is 18.2 Å². The third kappa shape index (κ3) is 6.32. The lowest BCUT2D eigenvalue weighted by molar-refractivity contribution is 0.101. The zero-order valence-corrected chi connectivity index (χ0v) is 15.7. The molecule has 0 saturated carbocycles. The van der Waals surface area contributed by atoms with Crippen molar-refractivity contribution in [3.8, 4) is 0 Å². The van der Waals surface area contributed by atoms with Crippen LogP contribution < -0.4 is 5.32 Å². The Morgan fingerprint density at radius 1 is 1.29 bits per heavy atom. The van der Waals surface area contributed by atoms with Crippen molar-refractivity contribution < 1.29 is 13.2 Å². The molecule has 0 radical (unpaired) electrons. The topological polar surface area (TPSA) is 76.1 Å². The number of carbonyl (C=O) groups excluding carboxylic acids is 1. The zero-order valence-electron chi connectivity index (χ0n) is 13.3. The lowest BCUT2D eigenvalue weighted by Crippen LogP contribution is -2.17. The molecule has 0 aliphatic carbocycles. The highest BCUT2D eigenvalue weighted by molar-refractivity contribution is 7.91. The summed E-state index contributed by atoms with van der Waals surface area (Å²) in [6.45, 7) is 1.32. The first kappa shape index (κ1) is 19.1. The summed E-state index contributed by atoms with van der Waals surface area (Å²) < 4.78 is 22.6. The molecule has 0 aliphatic heterocycles. The highest BCUT2D eigenvalue weighted by Gasteiger charge is 2.20. The monoisotopic (exact) mass is 386 g/mol. The summed E-state index contributed by atoms with van der Waals surface area (Å²) in [6.07, 6.45) is 2.99. The van der Waals surface area contributed by atoms with Gasteiger partial charge in [-0.15, -0.1) is 11.3 Å². The minimum absolute atomic E-state index is 0.0492. The highest BCUT2D eigenvalue weighted by Crippen LogP contribution is 2.25. The predicted octanol–water partition coefficient (Wildman–Crippen LogP) is 2.75. The van der Waals surface area contributed by atoms with Crippen LogP contribution in [0.2, 0.25) is 4.34 Å². The van der Waals surface area contributed by atoms with Gasteiger partial charge in [0.1, 0.15) is 20.8 Å². The third-order valence-corrected chi connectivity index (χ3v) is 5.27. The van der Waals surface area contributed by atoms with Gasteiger partial charge in [-0.2, -0.15) is 0 Å². The van der Waals surface area contributed by atoms with Crippen molar-refractivity contribution in [3.63, 3.8) is 0 Å². The highest BCUT2D eigenvalue weighted by atomic mass is 35.5. The molecule has 0 unspecified atom stereocenters. The second kappa shape index (κ2) is 8.71. The number of rotatable bonds is 9. The molecule has 8 heteroatoms. The number of nitrogens with zero attached hydrogens (tertiary/aromatic N) is 1. The lowest BCUT2D eigenvalue weighted by atomic mass is 10.1. The van der Waals surface area contributed by atoms with Crippen molar-refractivity contribution in [2.45, 2.75) is 19.4 Å². The van der Waals surface area contributed by atoms with E-state index in [0.717, 1.165) is 25.6 Å². The van der Waals surface area contributed by atoms with E-state index < -0.39 is 21.4 Å². The van der Waals surface area contributed by atoms with E-state index in [1.165, 1.54) is 16.9 Å². The van der Waals surface area contributed by atoms with Crippen molar-refractivity contribution in [3.05, 3.63) is 50.9 Å². The van der Waals surface area contributed by atoms with E-state index >= 15 is 0 Å². The van der Waals surface area contributed by atoms with E-state index in [1.54, 1.807) is 0 Å². The van der Waals surface area contributed by atoms with E-state index in [-0.39, 0.29) is 10.0 Å². The summed E-state index contributed by atoms with van der Waals surface area (Å²) in [5.41, 5.74) is 1.35. The van der Waals surface area contributed by atoms with Gasteiger partial charge in [-0.1, -0.05) is 41.9 Å². The Morgan fingerprint density at radius 3 is 2.67 bits per heavy atom. The molecular formula is C16H19ClN2O3S2. The number of nitrogens with one attached hydrogen (secondary N) is 1. The summed E-state index contributed by atoms with van der Waals surface area (Å²) in [5.74, 6) is -1.13. The number of benzene rings is 1. The summed E-state index contributed by atoms with van der Waals surface area (Å²) in [5, 5.41) is 3.94. The van der Waals surface area contributed by atoms with Crippen LogP contribution in [0.3, 0.4) is 0 Å². The van der Waals surface area contributed by atoms with Crippen LogP contribution in [0, 0.1) is 0 Å². The predicted molar refractivity (Wildman–Crippen MR) is 97.6 cm³/mol. The fraction of sp³-hybridized carbons (Fsp3) is 0.375. The van der Waals surface area contributed by atoms with Gasteiger partial charge in [0.05, 0.1) is 0 Å². The van der Waals surface area contributed by atoms with Gasteiger partial charge in [-0.25, -0.2) is 13.4 Å². The van der Waals surface area contributed by atoms with Crippen LogP contribution >= 0.6 is 22.9 Å². The first-order valence-electron chi connectivity index (χ1n) is 7.46. The molecule has 2 rings (SSSR count). The van der Waals surface area contributed by atoms with Gasteiger partial charge in [0.15, 0.2) is 15.6 Å². The summed E-state index contributed by atoms with van der Waals surface area (Å²) in [7, 11) is -3.39. The van der Waals surface area contributed by atoms with E-state index in [9.17, 15) is 13.2 Å². The first-order valence-corrected chi connectivity index (χ1v) is 10.7. The van der Waals surface area contributed by atoms with Crippen molar-refractivity contribution in [2.24, 2.45) is 0 Å². The van der Waals surface area contributed by atoms with E-state index in [0.29, 0.717) is 11.6 Å². The summed E-state index contributed by atoms with van der Waals surface area (Å²) >= 11 is 7.20. The number of aryl methyl sites for hydroxylation is 1. The number of halogens is 1. The van der Waals surface area contributed by atoms with Gasteiger partial charge in [-0.3, -0.25) is 4.79 Å². The Balaban J connectivity index is 1.79. The van der Waals surface area contributed by atoms with Gasteiger partial charge in [0.2, 0.25) is 0 Å². The molecule has 0 bridgehead atoms. The second-order valence-corrected chi connectivity index (χ2v) is 9.31. The number of hydrogen-bond acceptors (Lipinski definition) is 6. The van der Waals surface area contributed by atoms with Crippen LogP contribution in [0.15, 0.2) is 30.3 Å². The van der Waals surface area contributed by atoms with Gasteiger partial charge < -0.3 is 5.32 Å². The Morgan fingerprint density at radius 2 is 2.00 bits per heavy atom. The van der Waals surface area contributed by atoms with Crippen LogP contribution in [0.25, 0.3) is 0 Å². The average Bonchev–Trinajstić information content (AvgIpc) is 2.87. The lowest BCUT2D eigenvalue weighted by Gasteiger charge is -2.03. The van der Waals surface area contributed by atoms with Gasteiger partial charge in [0, 0.05) is 12.8 Å². The summed E-state index contributed by atoms with van der Waals surface area (Å²) in [6, 6.07) is 10.2. The zero-order chi connectivity index (χ0) is 17.6. The standard InChI is InChI=1S/C16H19ClN2O3S2/c1-24(21,22)11-13(20)15-16(17)23-14(19-15)10-18-9-5-8-12-6-3-2-4-7-12/h2-4,6-7,18H,5,8-11H2,1H3. The average molecular weight is 387 g/mol. The molecule has 0 fully saturated rings. The Bertz CT molecular complexity index is 789. The second-order valence-electron chi connectivity index (χ2n) is 5.49. The Kier molecular flexibility index (Phi) is 6.91. The molecule has 24 heavy (non-hydrogen) atoms. The summed E-state index contributed by atoms with van der Waals surface area (Å²) in [4.78, 5) is 16.0. The Labute approximate surface area is 151 Å². The molecule has 0 saturated heterocycles. The van der Waals surface area contributed by atoms with Crippen molar-refractivity contribution >= 4 is 38.6 Å². The molecule has 0 amide bonds. The molecular weight excluding hydrogens is 368 g/mol. The molecule has 1 N–H and O–H groups in total. The third-order valence-electron chi connectivity index (χ3n) is 3.23. The fourth-order valence-electron chi connectivity index (χ4n) is 2.15. The van der Waals surface area contributed by atoms with Gasteiger partial charge in [0.25, 0.3) is 0 Å². The minimum atomic E-state index is -3.39. The molecule has 0 atom stereocenters. The SMILES string of the molecule is CS(=O)(=O)CC(=O)c1nc(CNCCCc2ccccc2)sc1Cl. The largest absolute Gasteiger partial charge is 0.310 e.